The average Bonchev–Trinajstić information content (AvgIpc) is 3.36. The molecule has 14 heteroatoms. The minimum absolute atomic E-state index is 0.0125. The first-order valence-electron chi connectivity index (χ1n) is 12.9. The number of sulfonamides is 1. The molecule has 3 aromatic carbocycles. The quantitative estimate of drug-likeness (QED) is 0.121. The topological polar surface area (TPSA) is 179 Å². The lowest BCUT2D eigenvalue weighted by Crippen LogP contribution is -2.21. The zero-order valence-electron chi connectivity index (χ0n) is 23.6. The van der Waals surface area contributed by atoms with Gasteiger partial charge in [0.15, 0.2) is 0 Å². The third-order valence-corrected chi connectivity index (χ3v) is 7.14. The summed E-state index contributed by atoms with van der Waals surface area (Å²) in [6, 6.07) is 19.7. The fourth-order valence-corrected chi connectivity index (χ4v) is 4.94. The highest BCUT2D eigenvalue weighted by Crippen LogP contribution is 2.32. The summed E-state index contributed by atoms with van der Waals surface area (Å²) in [6.07, 6.45) is -1.48. The van der Waals surface area contributed by atoms with Gasteiger partial charge in [-0.15, -0.1) is 0 Å². The van der Waals surface area contributed by atoms with Gasteiger partial charge in [-0.05, 0) is 42.7 Å². The zero-order chi connectivity index (χ0) is 32.8. The fraction of sp³-hybridized carbons (Fsp3) is 0.167. The maximum atomic E-state index is 12.8. The van der Waals surface area contributed by atoms with Crippen LogP contribution in [-0.2, 0) is 26.1 Å². The highest BCUT2D eigenvalue weighted by Gasteiger charge is 2.38. The summed E-state index contributed by atoms with van der Waals surface area (Å²) in [5, 5.41) is 20.2. The van der Waals surface area contributed by atoms with E-state index in [0.717, 1.165) is 16.7 Å². The number of carboxylic acid groups (broad SMARTS) is 1. The van der Waals surface area contributed by atoms with Crippen LogP contribution in [-0.4, -0.2) is 48.6 Å². The van der Waals surface area contributed by atoms with E-state index >= 15 is 0 Å². The number of carbonyl (C=O) groups excluding carboxylic acids is 1. The lowest BCUT2D eigenvalue weighted by Gasteiger charge is -2.10. The summed E-state index contributed by atoms with van der Waals surface area (Å²) in [7, 11) is -3.91. The van der Waals surface area contributed by atoms with Crippen molar-refractivity contribution in [1.29, 1.82) is 5.41 Å². The predicted octanol–water partition coefficient (Wildman–Crippen LogP) is 4.92. The van der Waals surface area contributed by atoms with Crippen molar-refractivity contribution in [3.63, 3.8) is 0 Å². The van der Waals surface area contributed by atoms with Crippen LogP contribution in [0, 0.1) is 12.3 Å². The van der Waals surface area contributed by atoms with Crippen LogP contribution in [0.15, 0.2) is 84.0 Å². The molecule has 0 atom stereocenters. The van der Waals surface area contributed by atoms with Gasteiger partial charge in [0, 0.05) is 35.6 Å². The number of amidine groups is 1. The van der Waals surface area contributed by atoms with Gasteiger partial charge in [-0.3, -0.25) is 5.41 Å². The van der Waals surface area contributed by atoms with Crippen molar-refractivity contribution in [3.05, 3.63) is 101 Å². The molecule has 0 aliphatic rings. The lowest BCUT2D eigenvalue weighted by atomic mass is 9.99. The molecule has 0 spiro atoms. The monoisotopic (exact) mass is 630 g/mol. The molecule has 10 nitrogen and oxygen atoms in total. The van der Waals surface area contributed by atoms with Crippen LogP contribution in [0.3, 0.4) is 0 Å². The highest BCUT2D eigenvalue weighted by molar-refractivity contribution is 7.89. The molecule has 0 radical (unpaired) electrons. The molecule has 0 fully saturated rings. The van der Waals surface area contributed by atoms with Gasteiger partial charge in [0.25, 0.3) is 0 Å². The Kier molecular flexibility index (Phi) is 10.3. The number of esters is 1. The third-order valence-electron chi connectivity index (χ3n) is 6.17. The van der Waals surface area contributed by atoms with Gasteiger partial charge in [-0.1, -0.05) is 60.2 Å². The van der Waals surface area contributed by atoms with E-state index in [1.165, 1.54) is 6.07 Å². The van der Waals surface area contributed by atoms with Crippen molar-refractivity contribution in [2.45, 2.75) is 31.5 Å². The average molecular weight is 631 g/mol. The Morgan fingerprint density at radius 1 is 0.977 bits per heavy atom. The number of aromatic nitrogens is 1. The number of nitrogens with one attached hydrogen (secondary N) is 1. The van der Waals surface area contributed by atoms with Gasteiger partial charge in [0.05, 0.1) is 17.1 Å². The number of carbonyl (C=O) groups is 2. The minimum Gasteiger partial charge on any atom is -0.475 e. The van der Waals surface area contributed by atoms with E-state index in [0.29, 0.717) is 34.4 Å². The van der Waals surface area contributed by atoms with Crippen LogP contribution in [0.25, 0.3) is 22.3 Å². The zero-order valence-corrected chi connectivity index (χ0v) is 24.4. The summed E-state index contributed by atoms with van der Waals surface area (Å²) >= 11 is 0. The summed E-state index contributed by atoms with van der Waals surface area (Å²) in [6.45, 7) is 4.34. The van der Waals surface area contributed by atoms with E-state index in [1.807, 2.05) is 48.0 Å². The molecule has 1 heterocycles. The number of alkyl halides is 3. The molecule has 4 rings (SSSR count). The molecule has 0 aliphatic carbocycles. The van der Waals surface area contributed by atoms with Gasteiger partial charge in [0.2, 0.25) is 10.0 Å². The molecule has 0 amide bonds. The smallest absolute Gasteiger partial charge is 0.475 e. The van der Waals surface area contributed by atoms with E-state index in [-0.39, 0.29) is 17.3 Å². The summed E-state index contributed by atoms with van der Waals surface area (Å²) < 4.78 is 63.2. The number of hydrogen-bond donors (Lipinski definition) is 4. The first kappa shape index (κ1) is 33.6. The van der Waals surface area contributed by atoms with Crippen LogP contribution in [0.4, 0.5) is 13.2 Å². The second-order valence-corrected chi connectivity index (χ2v) is 11.0. The van der Waals surface area contributed by atoms with Crippen molar-refractivity contribution in [2.75, 3.05) is 6.61 Å². The summed E-state index contributed by atoms with van der Waals surface area (Å²) in [5.41, 5.74) is 11.2. The van der Waals surface area contributed by atoms with Crippen LogP contribution in [0.1, 0.15) is 34.0 Å². The number of benzene rings is 3. The fourth-order valence-electron chi connectivity index (χ4n) is 4.20. The Balaban J connectivity index is 0.000000676. The number of halogens is 3. The number of carboxylic acids is 1. The second-order valence-electron chi connectivity index (χ2n) is 9.52. The Morgan fingerprint density at radius 2 is 1.57 bits per heavy atom. The van der Waals surface area contributed by atoms with Crippen LogP contribution >= 0.6 is 0 Å². The second kappa shape index (κ2) is 13.6. The van der Waals surface area contributed by atoms with Gasteiger partial charge in [-0.2, -0.15) is 13.2 Å². The Labute approximate surface area is 251 Å². The van der Waals surface area contributed by atoms with Gasteiger partial charge >= 0.3 is 18.1 Å². The lowest BCUT2D eigenvalue weighted by molar-refractivity contribution is -0.192. The molecule has 0 saturated heterocycles. The normalized spacial score (nSPS) is 11.3. The van der Waals surface area contributed by atoms with Crippen LogP contribution < -0.4 is 10.9 Å². The number of aliphatic carboxylic acids is 1. The van der Waals surface area contributed by atoms with Crippen molar-refractivity contribution in [2.24, 2.45) is 10.9 Å². The van der Waals surface area contributed by atoms with Gasteiger partial charge in [0.1, 0.15) is 5.84 Å². The molecule has 6 N–H and O–H groups in total. The van der Waals surface area contributed by atoms with Crippen molar-refractivity contribution in [3.8, 4) is 22.3 Å². The molecule has 0 saturated carbocycles. The SMILES string of the molecule is CCOC(=O)c1cn(Cc2cccc(C(=N)N)c2)cc1-c1ccc(-c2cc(C)ccc2S(N)(=O)=O)cc1.O=C(O)C(F)(F)F. The third kappa shape index (κ3) is 8.55. The first-order chi connectivity index (χ1) is 20.5. The first-order valence-corrected chi connectivity index (χ1v) is 14.4. The number of ether oxygens (including phenoxy) is 1. The number of rotatable bonds is 8. The molecule has 4 aromatic rings. The number of primary sulfonamides is 1. The van der Waals surface area contributed by atoms with E-state index in [4.69, 9.17) is 30.9 Å². The summed E-state index contributed by atoms with van der Waals surface area (Å²) in [5.74, 6) is -3.21. The summed E-state index contributed by atoms with van der Waals surface area (Å²) in [4.78, 5) is 21.7. The van der Waals surface area contributed by atoms with Crippen molar-refractivity contribution in [1.82, 2.24) is 4.57 Å². The van der Waals surface area contributed by atoms with E-state index in [2.05, 4.69) is 0 Å². The Hall–Kier alpha value is -4.95. The van der Waals surface area contributed by atoms with E-state index < -0.39 is 28.1 Å². The number of nitrogen functional groups attached to an aromatic ring is 1. The van der Waals surface area contributed by atoms with Crippen LogP contribution in [0.5, 0.6) is 0 Å². The number of nitrogens with two attached hydrogens (primary N) is 2. The molecule has 1 aromatic heterocycles. The largest absolute Gasteiger partial charge is 0.490 e. The number of hydrogen-bond acceptors (Lipinski definition) is 6. The predicted molar refractivity (Wildman–Crippen MR) is 158 cm³/mol. The van der Waals surface area contributed by atoms with Crippen molar-refractivity contribution >= 4 is 27.8 Å². The number of nitrogens with zero attached hydrogens (tertiary/aromatic N) is 1. The molecule has 0 bridgehead atoms. The van der Waals surface area contributed by atoms with Crippen molar-refractivity contribution < 1.29 is 41.0 Å². The Bertz CT molecular complexity index is 1800. The van der Waals surface area contributed by atoms with Crippen LogP contribution in [0.2, 0.25) is 0 Å². The highest BCUT2D eigenvalue weighted by atomic mass is 32.2. The van der Waals surface area contributed by atoms with E-state index in [9.17, 15) is 26.4 Å². The van der Waals surface area contributed by atoms with Gasteiger partial charge < -0.3 is 20.1 Å². The Morgan fingerprint density at radius 3 is 2.09 bits per heavy atom. The standard InChI is InChI=1S/C28H28N4O4S.C2HF3O2/c1-3-36-28(33)25-17-32(15-19-5-4-6-22(14-19)27(29)30)16-24(25)21-10-8-20(9-11-21)23-13-18(2)7-12-26(23)37(31,34)35;3-2(4,5)1(6)7/h4-14,16-17H,3,15H2,1-2H3,(H3,29,30)(H2,31,34,35);(H,6,7). The molecule has 232 valence electrons. The molecular formula is C30H29F3N4O6S. The maximum absolute atomic E-state index is 12.8. The minimum atomic E-state index is -5.08. The molecular weight excluding hydrogens is 601 g/mol. The molecule has 0 aliphatic heterocycles. The van der Waals surface area contributed by atoms with Gasteiger partial charge in [-0.25, -0.2) is 23.1 Å². The maximum Gasteiger partial charge on any atom is 0.490 e. The van der Waals surface area contributed by atoms with E-state index in [1.54, 1.807) is 43.5 Å². The number of aryl methyl sites for hydroxylation is 1. The molecule has 44 heavy (non-hydrogen) atoms. The molecule has 0 unspecified atom stereocenters.